The molecule has 0 spiro atoms. The molecule has 2 aliphatic rings. The van der Waals surface area contributed by atoms with Crippen molar-refractivity contribution < 1.29 is 18.7 Å². The molecule has 0 aromatic heterocycles. The standard InChI is InChI=1S/C34H32FN3O3/c1-41-28-17-13-25(14-18-28)32-31(34(40)37-21-19-36(20-22-37)27-7-3-2-4-8-27)29-9-5-6-10-30(29)33(39)38(32)23-24-11-15-26(35)16-12-24/h2-18,31-32H,19-23H2,1H3/t31-,32-/m0/s1. The molecule has 41 heavy (non-hydrogen) atoms. The summed E-state index contributed by atoms with van der Waals surface area (Å²) in [4.78, 5) is 34.5. The van der Waals surface area contributed by atoms with Gasteiger partial charge < -0.3 is 19.4 Å². The van der Waals surface area contributed by atoms with Gasteiger partial charge >= 0.3 is 0 Å². The highest BCUT2D eigenvalue weighted by Gasteiger charge is 2.45. The minimum atomic E-state index is -0.596. The molecule has 7 heteroatoms. The summed E-state index contributed by atoms with van der Waals surface area (Å²) >= 11 is 0. The highest BCUT2D eigenvalue weighted by molar-refractivity contribution is 6.01. The summed E-state index contributed by atoms with van der Waals surface area (Å²) in [5, 5.41) is 0. The molecule has 6 rings (SSSR count). The van der Waals surface area contributed by atoms with Crippen molar-refractivity contribution in [3.05, 3.63) is 131 Å². The first-order valence-corrected chi connectivity index (χ1v) is 13.9. The van der Waals surface area contributed by atoms with E-state index in [1.54, 1.807) is 30.2 Å². The van der Waals surface area contributed by atoms with Crippen molar-refractivity contribution in [2.75, 3.05) is 38.2 Å². The maximum Gasteiger partial charge on any atom is 0.255 e. The van der Waals surface area contributed by atoms with Gasteiger partial charge in [0.1, 0.15) is 11.6 Å². The average molecular weight is 550 g/mol. The van der Waals surface area contributed by atoms with Gasteiger partial charge in [0.2, 0.25) is 5.91 Å². The number of carbonyl (C=O) groups excluding carboxylic acids is 2. The van der Waals surface area contributed by atoms with E-state index in [1.807, 2.05) is 65.6 Å². The monoisotopic (exact) mass is 549 g/mol. The van der Waals surface area contributed by atoms with E-state index in [0.717, 1.165) is 35.5 Å². The zero-order valence-corrected chi connectivity index (χ0v) is 22.9. The fourth-order valence-corrected chi connectivity index (χ4v) is 6.01. The summed E-state index contributed by atoms with van der Waals surface area (Å²) in [6, 6.07) is 30.9. The van der Waals surface area contributed by atoms with Crippen LogP contribution in [0.15, 0.2) is 103 Å². The van der Waals surface area contributed by atoms with Crippen LogP contribution in [0.3, 0.4) is 0 Å². The Kier molecular flexibility index (Phi) is 7.42. The first kappa shape index (κ1) is 26.6. The van der Waals surface area contributed by atoms with Gasteiger partial charge in [-0.3, -0.25) is 9.59 Å². The van der Waals surface area contributed by atoms with E-state index in [2.05, 4.69) is 17.0 Å². The Morgan fingerprint density at radius 2 is 1.49 bits per heavy atom. The fraction of sp³-hybridized carbons (Fsp3) is 0.235. The summed E-state index contributed by atoms with van der Waals surface area (Å²) in [6.45, 7) is 2.89. The first-order chi connectivity index (χ1) is 20.0. The van der Waals surface area contributed by atoms with Crippen LogP contribution >= 0.6 is 0 Å². The molecule has 1 fully saturated rings. The summed E-state index contributed by atoms with van der Waals surface area (Å²) < 4.78 is 19.1. The second-order valence-corrected chi connectivity index (χ2v) is 10.5. The summed E-state index contributed by atoms with van der Waals surface area (Å²) in [7, 11) is 1.61. The van der Waals surface area contributed by atoms with Crippen LogP contribution < -0.4 is 9.64 Å². The smallest absolute Gasteiger partial charge is 0.255 e. The maximum absolute atomic E-state index is 14.5. The van der Waals surface area contributed by atoms with Gasteiger partial charge in [0.15, 0.2) is 0 Å². The molecular weight excluding hydrogens is 517 g/mol. The van der Waals surface area contributed by atoms with E-state index < -0.39 is 12.0 Å². The predicted octanol–water partition coefficient (Wildman–Crippen LogP) is 5.66. The molecule has 2 amide bonds. The van der Waals surface area contributed by atoms with Crippen LogP contribution in [-0.2, 0) is 11.3 Å². The number of carbonyl (C=O) groups is 2. The number of piperazine rings is 1. The van der Waals surface area contributed by atoms with Crippen molar-refractivity contribution >= 4 is 17.5 Å². The van der Waals surface area contributed by atoms with Gasteiger partial charge in [-0.05, 0) is 59.2 Å². The molecule has 0 N–H and O–H groups in total. The van der Waals surface area contributed by atoms with Gasteiger partial charge in [-0.2, -0.15) is 0 Å². The highest BCUT2D eigenvalue weighted by atomic mass is 19.1. The van der Waals surface area contributed by atoms with E-state index >= 15 is 0 Å². The first-order valence-electron chi connectivity index (χ1n) is 13.9. The zero-order valence-electron chi connectivity index (χ0n) is 22.9. The van der Waals surface area contributed by atoms with E-state index in [4.69, 9.17) is 4.74 Å². The number of hydrogen-bond acceptors (Lipinski definition) is 4. The Morgan fingerprint density at radius 1 is 0.829 bits per heavy atom. The van der Waals surface area contributed by atoms with Crippen LogP contribution in [0.1, 0.15) is 39.0 Å². The van der Waals surface area contributed by atoms with E-state index in [9.17, 15) is 14.0 Å². The Morgan fingerprint density at radius 3 is 2.17 bits per heavy atom. The third kappa shape index (κ3) is 5.27. The van der Waals surface area contributed by atoms with Crippen molar-refractivity contribution in [2.45, 2.75) is 18.5 Å². The lowest BCUT2D eigenvalue weighted by Crippen LogP contribution is -2.53. The number of para-hydroxylation sites is 1. The second-order valence-electron chi connectivity index (χ2n) is 10.5. The molecule has 0 saturated carbocycles. The van der Waals surface area contributed by atoms with Crippen molar-refractivity contribution in [1.82, 2.24) is 9.80 Å². The topological polar surface area (TPSA) is 53.1 Å². The molecular formula is C34H32FN3O3. The van der Waals surface area contributed by atoms with E-state index in [1.165, 1.54) is 12.1 Å². The van der Waals surface area contributed by atoms with Gasteiger partial charge in [-0.15, -0.1) is 0 Å². The van der Waals surface area contributed by atoms with Crippen LogP contribution in [0.4, 0.5) is 10.1 Å². The van der Waals surface area contributed by atoms with Crippen molar-refractivity contribution in [3.63, 3.8) is 0 Å². The van der Waals surface area contributed by atoms with Gasteiger partial charge in [0, 0.05) is 44.0 Å². The number of fused-ring (bicyclic) bond motifs is 1. The van der Waals surface area contributed by atoms with Crippen LogP contribution in [0.5, 0.6) is 5.75 Å². The lowest BCUT2D eigenvalue weighted by atomic mass is 9.78. The van der Waals surface area contributed by atoms with Gasteiger partial charge in [-0.25, -0.2) is 4.39 Å². The van der Waals surface area contributed by atoms with Crippen molar-refractivity contribution in [2.24, 2.45) is 0 Å². The third-order valence-electron chi connectivity index (χ3n) is 8.14. The fourth-order valence-electron chi connectivity index (χ4n) is 6.01. The van der Waals surface area contributed by atoms with Gasteiger partial charge in [0.25, 0.3) is 5.91 Å². The normalized spacial score (nSPS) is 18.7. The molecule has 0 bridgehead atoms. The molecule has 0 unspecified atom stereocenters. The Hall–Kier alpha value is -4.65. The Balaban J connectivity index is 1.38. The van der Waals surface area contributed by atoms with Crippen molar-refractivity contribution in [1.29, 1.82) is 0 Å². The number of benzene rings is 4. The number of ether oxygens (including phenoxy) is 1. The summed E-state index contributed by atoms with van der Waals surface area (Å²) in [6.07, 6.45) is 0. The number of hydrogen-bond donors (Lipinski definition) is 0. The lowest BCUT2D eigenvalue weighted by Gasteiger charge is -2.45. The van der Waals surface area contributed by atoms with Gasteiger partial charge in [0.05, 0.1) is 19.1 Å². The molecule has 2 atom stereocenters. The molecule has 0 radical (unpaired) electrons. The molecule has 2 heterocycles. The molecule has 4 aromatic rings. The summed E-state index contributed by atoms with van der Waals surface area (Å²) in [5.41, 5.74) is 4.05. The van der Waals surface area contributed by atoms with Crippen LogP contribution in [-0.4, -0.2) is 54.9 Å². The predicted molar refractivity (Wildman–Crippen MR) is 156 cm³/mol. The van der Waals surface area contributed by atoms with Crippen LogP contribution in [0, 0.1) is 5.82 Å². The third-order valence-corrected chi connectivity index (χ3v) is 8.14. The molecule has 4 aromatic carbocycles. The molecule has 0 aliphatic carbocycles. The molecule has 1 saturated heterocycles. The van der Waals surface area contributed by atoms with E-state index in [-0.39, 0.29) is 24.2 Å². The van der Waals surface area contributed by atoms with Crippen molar-refractivity contribution in [3.8, 4) is 5.75 Å². The number of amides is 2. The number of halogens is 1. The highest BCUT2D eigenvalue weighted by Crippen LogP contribution is 2.45. The van der Waals surface area contributed by atoms with E-state index in [0.29, 0.717) is 24.4 Å². The largest absolute Gasteiger partial charge is 0.497 e. The quantitative estimate of drug-likeness (QED) is 0.311. The lowest BCUT2D eigenvalue weighted by molar-refractivity contribution is -0.135. The number of methoxy groups -OCH3 is 1. The number of rotatable bonds is 6. The molecule has 2 aliphatic heterocycles. The Bertz CT molecular complexity index is 1520. The minimum Gasteiger partial charge on any atom is -0.497 e. The summed E-state index contributed by atoms with van der Waals surface area (Å²) in [5.74, 6) is -0.382. The number of anilines is 1. The average Bonchev–Trinajstić information content (AvgIpc) is 3.03. The van der Waals surface area contributed by atoms with Gasteiger partial charge in [-0.1, -0.05) is 60.7 Å². The zero-order chi connectivity index (χ0) is 28.3. The van der Waals surface area contributed by atoms with Crippen LogP contribution in [0.25, 0.3) is 0 Å². The Labute approximate surface area is 239 Å². The maximum atomic E-state index is 14.5. The number of nitrogens with zero attached hydrogens (tertiary/aromatic N) is 3. The van der Waals surface area contributed by atoms with Crippen LogP contribution in [0.2, 0.25) is 0 Å². The molecule has 6 nitrogen and oxygen atoms in total. The molecule has 208 valence electrons. The minimum absolute atomic E-state index is 0.00239. The SMILES string of the molecule is COc1ccc([C@H]2[C@@H](C(=O)N3CCN(c4ccccc4)CC3)c3ccccc3C(=O)N2Cc2ccc(F)cc2)cc1. The second kappa shape index (κ2) is 11.5.